The standard InChI is InChI=1S/C9H4N/c1-2-6-9-8(4-1)5-3-7-10-9/h2,4-6H. The third-order valence-corrected chi connectivity index (χ3v) is 1.34. The number of hydrogen-bond acceptors (Lipinski definition) is 1. The Hall–Kier alpha value is -1.37. The Morgan fingerprint density at radius 1 is 1.30 bits per heavy atom. The molecule has 3 radical (unpaired) electrons. The maximum atomic E-state index is 3.98. The molecule has 0 saturated carbocycles. The normalized spacial score (nSPS) is 10.0. The molecule has 0 amide bonds. The fraction of sp³-hybridized carbons (Fsp3) is 0. The van der Waals surface area contributed by atoms with Gasteiger partial charge in [-0.15, -0.1) is 0 Å². The largest absolute Gasteiger partial charge is 0.245 e. The quantitative estimate of drug-likeness (QED) is 0.522. The van der Waals surface area contributed by atoms with Crippen LogP contribution in [-0.4, -0.2) is 4.98 Å². The van der Waals surface area contributed by atoms with E-state index in [4.69, 9.17) is 0 Å². The van der Waals surface area contributed by atoms with Gasteiger partial charge >= 0.3 is 0 Å². The number of nitrogens with zero attached hydrogens (tertiary/aromatic N) is 1. The highest BCUT2D eigenvalue weighted by molar-refractivity contribution is 5.77. The summed E-state index contributed by atoms with van der Waals surface area (Å²) in [6.45, 7) is 0. The summed E-state index contributed by atoms with van der Waals surface area (Å²) < 4.78 is 0. The van der Waals surface area contributed by atoms with E-state index in [0.717, 1.165) is 10.9 Å². The van der Waals surface area contributed by atoms with Crippen LogP contribution in [0.4, 0.5) is 0 Å². The van der Waals surface area contributed by atoms with E-state index >= 15 is 0 Å². The zero-order valence-electron chi connectivity index (χ0n) is 5.26. The summed E-state index contributed by atoms with van der Waals surface area (Å²) in [5.41, 5.74) is 0.942. The predicted molar refractivity (Wildman–Crippen MR) is 38.3 cm³/mol. The lowest BCUT2D eigenvalue weighted by atomic mass is 10.2. The minimum absolute atomic E-state index is 0.942. The second-order valence-corrected chi connectivity index (χ2v) is 2.00. The van der Waals surface area contributed by atoms with Gasteiger partial charge in [-0.2, -0.15) is 0 Å². The van der Waals surface area contributed by atoms with Crippen molar-refractivity contribution in [3.63, 3.8) is 0 Å². The van der Waals surface area contributed by atoms with Gasteiger partial charge in [0.15, 0.2) is 0 Å². The fourth-order valence-corrected chi connectivity index (χ4v) is 0.855. The Balaban J connectivity index is 2.89. The summed E-state index contributed by atoms with van der Waals surface area (Å²) in [5.74, 6) is 0. The molecule has 2 aromatic rings. The molecule has 0 spiro atoms. The number of aromatic nitrogens is 1. The first-order chi connectivity index (χ1) is 4.97. The molecule has 1 nitrogen and oxygen atoms in total. The summed E-state index contributed by atoms with van der Waals surface area (Å²) in [7, 11) is 0. The van der Waals surface area contributed by atoms with Crippen molar-refractivity contribution in [2.24, 2.45) is 0 Å². The van der Waals surface area contributed by atoms with Gasteiger partial charge in [-0.3, -0.25) is 0 Å². The van der Waals surface area contributed by atoms with Crippen molar-refractivity contribution in [3.05, 3.63) is 42.6 Å². The lowest BCUT2D eigenvalue weighted by Crippen LogP contribution is -1.74. The third kappa shape index (κ3) is 0.760. The van der Waals surface area contributed by atoms with Crippen LogP contribution >= 0.6 is 0 Å². The van der Waals surface area contributed by atoms with E-state index in [0.29, 0.717) is 0 Å². The molecule has 1 heterocycles. The van der Waals surface area contributed by atoms with Crippen molar-refractivity contribution < 1.29 is 0 Å². The smallest absolute Gasteiger partial charge is 0.0979 e. The molecule has 0 aliphatic carbocycles. The molecular formula is C9H4N. The maximum Gasteiger partial charge on any atom is 0.0979 e. The Morgan fingerprint density at radius 3 is 3.20 bits per heavy atom. The molecule has 0 bridgehead atoms. The number of fused-ring (bicyclic) bond motifs is 1. The van der Waals surface area contributed by atoms with Gasteiger partial charge in [0.25, 0.3) is 0 Å². The predicted octanol–water partition coefficient (Wildman–Crippen LogP) is 1.64. The first kappa shape index (κ1) is 5.42. The Labute approximate surface area is 59.3 Å². The molecule has 0 N–H and O–H groups in total. The zero-order chi connectivity index (χ0) is 6.81. The van der Waals surface area contributed by atoms with E-state index in [9.17, 15) is 0 Å². The van der Waals surface area contributed by atoms with E-state index in [2.05, 4.69) is 23.3 Å². The fourth-order valence-electron chi connectivity index (χ4n) is 0.855. The topological polar surface area (TPSA) is 12.9 Å². The minimum Gasteiger partial charge on any atom is -0.245 e. The molecule has 1 aromatic heterocycles. The number of benzene rings is 1. The molecule has 0 saturated heterocycles. The van der Waals surface area contributed by atoms with Gasteiger partial charge in [-0.1, -0.05) is 6.07 Å². The Bertz CT molecular complexity index is 276. The highest BCUT2D eigenvalue weighted by atomic mass is 14.6. The zero-order valence-corrected chi connectivity index (χ0v) is 5.26. The van der Waals surface area contributed by atoms with Gasteiger partial charge in [0.05, 0.1) is 11.7 Å². The van der Waals surface area contributed by atoms with Crippen molar-refractivity contribution in [3.8, 4) is 0 Å². The van der Waals surface area contributed by atoms with E-state index in [1.165, 1.54) is 0 Å². The van der Waals surface area contributed by atoms with Crippen LogP contribution in [0, 0.1) is 18.3 Å². The molecule has 0 aliphatic heterocycles. The Morgan fingerprint density at radius 2 is 2.30 bits per heavy atom. The number of hydrogen-bond donors (Lipinski definition) is 0. The summed E-state index contributed by atoms with van der Waals surface area (Å²) >= 11 is 0. The second kappa shape index (κ2) is 2.10. The van der Waals surface area contributed by atoms with Crippen molar-refractivity contribution in [1.29, 1.82) is 0 Å². The van der Waals surface area contributed by atoms with Crippen molar-refractivity contribution in [2.45, 2.75) is 0 Å². The third-order valence-electron chi connectivity index (χ3n) is 1.34. The molecule has 10 heavy (non-hydrogen) atoms. The van der Waals surface area contributed by atoms with E-state index in [-0.39, 0.29) is 0 Å². The van der Waals surface area contributed by atoms with Crippen molar-refractivity contribution >= 4 is 10.9 Å². The minimum atomic E-state index is 0.942. The van der Waals surface area contributed by atoms with Crippen molar-refractivity contribution in [1.82, 2.24) is 4.98 Å². The molecule has 1 aromatic carbocycles. The van der Waals surface area contributed by atoms with Gasteiger partial charge in [-0.25, -0.2) is 4.98 Å². The molecule has 1 heteroatoms. The molecule has 2 rings (SSSR count). The van der Waals surface area contributed by atoms with Gasteiger partial charge in [0, 0.05) is 11.5 Å². The number of rotatable bonds is 0. The highest BCUT2D eigenvalue weighted by Gasteiger charge is 1.87. The lowest BCUT2D eigenvalue weighted by molar-refractivity contribution is 1.39. The second-order valence-electron chi connectivity index (χ2n) is 2.00. The summed E-state index contributed by atoms with van der Waals surface area (Å²) in [6, 6.07) is 13.2. The van der Waals surface area contributed by atoms with Crippen LogP contribution in [0.2, 0.25) is 0 Å². The van der Waals surface area contributed by atoms with Gasteiger partial charge < -0.3 is 0 Å². The summed E-state index contributed by atoms with van der Waals surface area (Å²) in [5, 5.41) is 1.06. The average Bonchev–Trinajstić information content (AvgIpc) is 2.05. The van der Waals surface area contributed by atoms with Crippen LogP contribution in [0.25, 0.3) is 10.9 Å². The monoisotopic (exact) mass is 126 g/mol. The van der Waals surface area contributed by atoms with Crippen molar-refractivity contribution in [2.75, 3.05) is 0 Å². The Kier molecular flexibility index (Phi) is 1.14. The first-order valence-corrected chi connectivity index (χ1v) is 3.01. The SMILES string of the molecule is [c]1[c]nc2cc[c]cc2c1. The van der Waals surface area contributed by atoms with Gasteiger partial charge in [0.1, 0.15) is 0 Å². The summed E-state index contributed by atoms with van der Waals surface area (Å²) in [6.07, 6.45) is 2.65. The molecule has 0 aliphatic rings. The molecule has 0 fully saturated rings. The summed E-state index contributed by atoms with van der Waals surface area (Å²) in [4.78, 5) is 3.98. The van der Waals surface area contributed by atoms with E-state index in [1.54, 1.807) is 0 Å². The molecular weight excluding hydrogens is 122 g/mol. The lowest BCUT2D eigenvalue weighted by Gasteiger charge is -1.90. The van der Waals surface area contributed by atoms with Crippen LogP contribution in [0.5, 0.6) is 0 Å². The molecule has 45 valence electrons. The van der Waals surface area contributed by atoms with Crippen LogP contribution in [-0.2, 0) is 0 Å². The van der Waals surface area contributed by atoms with Crippen LogP contribution in [0.15, 0.2) is 24.3 Å². The first-order valence-electron chi connectivity index (χ1n) is 3.01. The van der Waals surface area contributed by atoms with Crippen LogP contribution in [0.1, 0.15) is 0 Å². The molecule has 0 atom stereocenters. The highest BCUT2D eigenvalue weighted by Crippen LogP contribution is 2.06. The molecule has 0 unspecified atom stereocenters. The average molecular weight is 126 g/mol. The van der Waals surface area contributed by atoms with Crippen LogP contribution in [0.3, 0.4) is 0 Å². The van der Waals surface area contributed by atoms with E-state index in [1.807, 2.05) is 24.3 Å². The van der Waals surface area contributed by atoms with Crippen LogP contribution < -0.4 is 0 Å². The van der Waals surface area contributed by atoms with Gasteiger partial charge in [-0.05, 0) is 24.3 Å². The van der Waals surface area contributed by atoms with Gasteiger partial charge in [0.2, 0.25) is 0 Å². The van der Waals surface area contributed by atoms with E-state index < -0.39 is 0 Å². The maximum absolute atomic E-state index is 3.98. The number of pyridine rings is 1.